The van der Waals surface area contributed by atoms with Gasteiger partial charge in [0.15, 0.2) is 0 Å². The summed E-state index contributed by atoms with van der Waals surface area (Å²) in [5.41, 5.74) is 2.41. The van der Waals surface area contributed by atoms with E-state index in [1.807, 2.05) is 12.1 Å². The quantitative estimate of drug-likeness (QED) is 0.473. The fraction of sp³-hybridized carbons (Fsp3) is 0.517. The molecule has 0 aromatic heterocycles. The Morgan fingerprint density at radius 2 is 1.95 bits per heavy atom. The van der Waals surface area contributed by atoms with Gasteiger partial charge in [0.05, 0.1) is 17.6 Å². The van der Waals surface area contributed by atoms with Gasteiger partial charge in [-0.2, -0.15) is 5.26 Å². The summed E-state index contributed by atoms with van der Waals surface area (Å²) >= 11 is 0. The van der Waals surface area contributed by atoms with E-state index in [9.17, 15) is 28.3 Å². The molecule has 6 nitrogen and oxygen atoms in total. The van der Waals surface area contributed by atoms with Crippen LogP contribution in [0.1, 0.15) is 67.2 Å². The molecule has 1 unspecified atom stereocenters. The minimum Gasteiger partial charge on any atom is -0.487 e. The van der Waals surface area contributed by atoms with Crippen molar-refractivity contribution in [3.63, 3.8) is 0 Å². The predicted molar refractivity (Wildman–Crippen MR) is 133 cm³/mol. The molecular weight excluding hydrogens is 497 g/mol. The molecule has 2 heterocycles. The van der Waals surface area contributed by atoms with Gasteiger partial charge >= 0.3 is 12.3 Å². The summed E-state index contributed by atoms with van der Waals surface area (Å²) in [5, 5.41) is 18.9. The number of nitriles is 1. The zero-order valence-electron chi connectivity index (χ0n) is 21.3. The minimum absolute atomic E-state index is 0.0292. The highest BCUT2D eigenvalue weighted by Gasteiger charge is 2.42. The average molecular weight is 529 g/mol. The van der Waals surface area contributed by atoms with Crippen LogP contribution in [-0.2, 0) is 17.8 Å². The lowest BCUT2D eigenvalue weighted by molar-refractivity contribution is -0.275. The van der Waals surface area contributed by atoms with Crippen molar-refractivity contribution in [1.29, 1.82) is 5.26 Å². The highest BCUT2D eigenvalue weighted by molar-refractivity contribution is 5.71. The van der Waals surface area contributed by atoms with Gasteiger partial charge in [0.25, 0.3) is 0 Å². The molecule has 202 valence electrons. The molecule has 0 radical (unpaired) electrons. The molecule has 0 amide bonds. The number of aryl methyl sites for hydroxylation is 1. The second kappa shape index (κ2) is 10.1. The van der Waals surface area contributed by atoms with E-state index >= 15 is 0 Å². The summed E-state index contributed by atoms with van der Waals surface area (Å²) in [4.78, 5) is 13.8. The number of alkyl halides is 3. The first-order valence-electron chi connectivity index (χ1n) is 13.1. The van der Waals surface area contributed by atoms with Gasteiger partial charge in [-0.3, -0.25) is 9.69 Å². The SMILES string of the molecule is C[C@H](C(=O)O)C(c1ccc2c(c1)OC1(CC2)CCN(Cc2cc(C#N)ccc2OC(F)(F)F)CC1)C1CC1. The largest absolute Gasteiger partial charge is 0.573 e. The Hall–Kier alpha value is -3.25. The van der Waals surface area contributed by atoms with Crippen molar-refractivity contribution in [3.8, 4) is 17.6 Å². The molecule has 2 aromatic rings. The summed E-state index contributed by atoms with van der Waals surface area (Å²) in [7, 11) is 0. The van der Waals surface area contributed by atoms with Crippen molar-refractivity contribution < 1.29 is 32.5 Å². The maximum atomic E-state index is 12.9. The van der Waals surface area contributed by atoms with Gasteiger partial charge in [0.1, 0.15) is 17.1 Å². The number of hydrogen-bond acceptors (Lipinski definition) is 5. The van der Waals surface area contributed by atoms with E-state index < -0.39 is 18.2 Å². The number of likely N-dealkylation sites (tertiary alicyclic amines) is 1. The molecule has 1 N–H and O–H groups in total. The average Bonchev–Trinajstić information content (AvgIpc) is 3.71. The standard InChI is InChI=1S/C29H31F3N2O4/c1-18(27(35)36)26(21-4-5-21)22-6-3-20-8-9-28(37-25(20)15-22)10-12-34(13-11-28)17-23-14-19(16-33)2-7-24(23)38-29(30,31)32/h2-3,6-7,14-15,18,21,26H,4-5,8-13,17H2,1H3,(H,35,36)/t18-,26?/m0/s1. The number of halogens is 3. The first-order valence-corrected chi connectivity index (χ1v) is 13.1. The Kier molecular flexibility index (Phi) is 7.03. The second-order valence-corrected chi connectivity index (χ2v) is 10.9. The summed E-state index contributed by atoms with van der Waals surface area (Å²) in [6.45, 7) is 3.30. The molecule has 2 aliphatic heterocycles. The number of carbonyl (C=O) groups is 1. The molecule has 1 spiro atoms. The Balaban J connectivity index is 1.28. The third kappa shape index (κ3) is 5.75. The summed E-state index contributed by atoms with van der Waals surface area (Å²) in [6.07, 6.45) is 0.463. The smallest absolute Gasteiger partial charge is 0.487 e. The van der Waals surface area contributed by atoms with Gasteiger partial charge in [-0.05, 0) is 85.8 Å². The Labute approximate surface area is 220 Å². The molecule has 0 bridgehead atoms. The van der Waals surface area contributed by atoms with Crippen LogP contribution in [0.2, 0.25) is 0 Å². The van der Waals surface area contributed by atoms with Crippen molar-refractivity contribution in [2.75, 3.05) is 13.1 Å². The number of carboxylic acids is 1. The molecule has 5 rings (SSSR count). The summed E-state index contributed by atoms with van der Waals surface area (Å²) in [5.74, 6) is -0.342. The topological polar surface area (TPSA) is 82.8 Å². The second-order valence-electron chi connectivity index (χ2n) is 10.9. The minimum atomic E-state index is -4.81. The van der Waals surface area contributed by atoms with Gasteiger partial charge in [0, 0.05) is 25.2 Å². The van der Waals surface area contributed by atoms with Crippen LogP contribution in [0.25, 0.3) is 0 Å². The Morgan fingerprint density at radius 3 is 2.58 bits per heavy atom. The van der Waals surface area contributed by atoms with Crippen LogP contribution in [-0.4, -0.2) is 41.0 Å². The first-order chi connectivity index (χ1) is 18.1. The molecule has 2 atom stereocenters. The number of benzene rings is 2. The van der Waals surface area contributed by atoms with Crippen molar-refractivity contribution in [2.24, 2.45) is 11.8 Å². The van der Waals surface area contributed by atoms with E-state index in [1.165, 1.54) is 18.2 Å². The monoisotopic (exact) mass is 528 g/mol. The number of piperidine rings is 1. The van der Waals surface area contributed by atoms with Crippen molar-refractivity contribution >= 4 is 5.97 Å². The molecule has 1 saturated carbocycles. The van der Waals surface area contributed by atoms with Crippen LogP contribution in [0.4, 0.5) is 13.2 Å². The van der Waals surface area contributed by atoms with E-state index in [2.05, 4.69) is 21.8 Å². The van der Waals surface area contributed by atoms with Crippen LogP contribution < -0.4 is 9.47 Å². The number of carboxylic acid groups (broad SMARTS) is 1. The van der Waals surface area contributed by atoms with E-state index in [-0.39, 0.29) is 29.4 Å². The highest BCUT2D eigenvalue weighted by Crippen LogP contribution is 2.49. The van der Waals surface area contributed by atoms with Gasteiger partial charge < -0.3 is 14.6 Å². The Morgan fingerprint density at radius 1 is 1.21 bits per heavy atom. The molecule has 9 heteroatoms. The Bertz CT molecular complexity index is 1240. The number of aliphatic carboxylic acids is 1. The van der Waals surface area contributed by atoms with E-state index in [0.717, 1.165) is 55.4 Å². The van der Waals surface area contributed by atoms with E-state index in [4.69, 9.17) is 4.74 Å². The van der Waals surface area contributed by atoms with Crippen molar-refractivity contribution in [3.05, 3.63) is 58.7 Å². The van der Waals surface area contributed by atoms with E-state index in [0.29, 0.717) is 24.6 Å². The van der Waals surface area contributed by atoms with Crippen LogP contribution in [0.5, 0.6) is 11.5 Å². The molecule has 1 saturated heterocycles. The molecular formula is C29H31F3N2O4. The zero-order chi connectivity index (χ0) is 27.1. The van der Waals surface area contributed by atoms with E-state index in [1.54, 1.807) is 6.92 Å². The fourth-order valence-corrected chi connectivity index (χ4v) is 6.01. The molecule has 1 aliphatic carbocycles. The van der Waals surface area contributed by atoms with Gasteiger partial charge in [-0.15, -0.1) is 13.2 Å². The van der Waals surface area contributed by atoms with Gasteiger partial charge in [-0.1, -0.05) is 19.1 Å². The third-order valence-corrected chi connectivity index (χ3v) is 8.29. The molecule has 2 aromatic carbocycles. The number of rotatable bonds is 7. The molecule has 3 aliphatic rings. The van der Waals surface area contributed by atoms with Crippen molar-refractivity contribution in [1.82, 2.24) is 4.90 Å². The maximum absolute atomic E-state index is 12.9. The number of nitrogens with zero attached hydrogens (tertiary/aromatic N) is 2. The first kappa shape index (κ1) is 26.4. The molecule has 2 fully saturated rings. The highest BCUT2D eigenvalue weighted by atomic mass is 19.4. The predicted octanol–water partition coefficient (Wildman–Crippen LogP) is 6.03. The van der Waals surface area contributed by atoms with Gasteiger partial charge in [0.2, 0.25) is 0 Å². The number of fused-ring (bicyclic) bond motifs is 1. The molecule has 38 heavy (non-hydrogen) atoms. The van der Waals surface area contributed by atoms with Crippen LogP contribution >= 0.6 is 0 Å². The normalized spacial score (nSPS) is 20.6. The number of ether oxygens (including phenoxy) is 2. The fourth-order valence-electron chi connectivity index (χ4n) is 6.01. The van der Waals surface area contributed by atoms with Crippen LogP contribution in [0.15, 0.2) is 36.4 Å². The lowest BCUT2D eigenvalue weighted by Gasteiger charge is -2.45. The van der Waals surface area contributed by atoms with Crippen LogP contribution in [0, 0.1) is 23.2 Å². The zero-order valence-corrected chi connectivity index (χ0v) is 21.3. The summed E-state index contributed by atoms with van der Waals surface area (Å²) < 4.78 is 49.5. The maximum Gasteiger partial charge on any atom is 0.573 e. The lowest BCUT2D eigenvalue weighted by atomic mass is 9.80. The lowest BCUT2D eigenvalue weighted by Crippen LogP contribution is -2.49. The third-order valence-electron chi connectivity index (χ3n) is 8.29. The van der Waals surface area contributed by atoms with Crippen LogP contribution in [0.3, 0.4) is 0 Å². The number of hydrogen-bond donors (Lipinski definition) is 1. The van der Waals surface area contributed by atoms with Crippen molar-refractivity contribution in [2.45, 2.75) is 69.9 Å². The van der Waals surface area contributed by atoms with Gasteiger partial charge in [-0.25, -0.2) is 0 Å². The summed E-state index contributed by atoms with van der Waals surface area (Å²) in [6, 6.07) is 12.1.